The van der Waals surface area contributed by atoms with Crippen LogP contribution >= 0.6 is 10.0 Å². The minimum absolute atomic E-state index is 0.392. The standard InChI is InChI=1S/C18H32S/c1-11-9-16(10-19(6,7)8)18-15(5)13(3)12(2)14(4)17(11)18/h11,16-18H,9-10H2,1-8H3. The number of fused-ring (bicyclic) bond motifs is 1. The molecule has 0 heterocycles. The molecule has 0 aromatic rings. The smallest absolute Gasteiger partial charge is 0.00961 e. The Morgan fingerprint density at radius 3 is 1.84 bits per heavy atom. The summed E-state index contributed by atoms with van der Waals surface area (Å²) >= 11 is 0. The topological polar surface area (TPSA) is 0 Å². The molecule has 0 aromatic carbocycles. The van der Waals surface area contributed by atoms with Gasteiger partial charge >= 0.3 is 0 Å². The molecule has 0 bridgehead atoms. The third-order valence-corrected chi connectivity index (χ3v) is 7.07. The molecule has 19 heavy (non-hydrogen) atoms. The zero-order valence-corrected chi connectivity index (χ0v) is 14.9. The molecule has 2 rings (SSSR count). The third-order valence-electron chi connectivity index (χ3n) is 5.64. The van der Waals surface area contributed by atoms with E-state index >= 15 is 0 Å². The number of hydrogen-bond acceptors (Lipinski definition) is 0. The molecule has 0 aromatic heterocycles. The summed E-state index contributed by atoms with van der Waals surface area (Å²) in [6, 6.07) is 0. The predicted octanol–water partition coefficient (Wildman–Crippen LogP) is 5.26. The quantitative estimate of drug-likeness (QED) is 0.647. The highest BCUT2D eigenvalue weighted by atomic mass is 32.3. The van der Waals surface area contributed by atoms with Crippen molar-refractivity contribution in [2.75, 3.05) is 24.5 Å². The van der Waals surface area contributed by atoms with Gasteiger partial charge in [0, 0.05) is 0 Å². The summed E-state index contributed by atoms with van der Waals surface area (Å²) < 4.78 is 0. The number of rotatable bonds is 2. The van der Waals surface area contributed by atoms with E-state index in [1.807, 2.05) is 0 Å². The summed E-state index contributed by atoms with van der Waals surface area (Å²) in [6.45, 7) is 12.0. The SMILES string of the molecule is CC1=C(C)C2C(C)CC(CS(C)(C)C)C2C(C)=C1C. The predicted molar refractivity (Wildman–Crippen MR) is 91.2 cm³/mol. The summed E-state index contributed by atoms with van der Waals surface area (Å²) in [5.74, 6) is 4.92. The Morgan fingerprint density at radius 2 is 1.37 bits per heavy atom. The fourth-order valence-electron chi connectivity index (χ4n) is 4.64. The van der Waals surface area contributed by atoms with E-state index in [-0.39, 0.29) is 0 Å². The Labute approximate surface area is 122 Å². The first-order valence-corrected chi connectivity index (χ1v) is 10.7. The molecule has 0 spiro atoms. The molecule has 2 aliphatic carbocycles. The zero-order valence-electron chi connectivity index (χ0n) is 14.1. The first-order chi connectivity index (χ1) is 8.63. The van der Waals surface area contributed by atoms with Crippen LogP contribution in [0.15, 0.2) is 22.3 Å². The molecular weight excluding hydrogens is 248 g/mol. The van der Waals surface area contributed by atoms with Gasteiger partial charge in [-0.15, -0.1) is 0 Å². The molecule has 110 valence electrons. The van der Waals surface area contributed by atoms with E-state index in [4.69, 9.17) is 0 Å². The second-order valence-corrected chi connectivity index (χ2v) is 12.4. The van der Waals surface area contributed by atoms with Gasteiger partial charge < -0.3 is 0 Å². The van der Waals surface area contributed by atoms with Crippen molar-refractivity contribution >= 4 is 10.0 Å². The molecule has 1 saturated carbocycles. The van der Waals surface area contributed by atoms with Crippen LogP contribution in [-0.2, 0) is 0 Å². The highest BCUT2D eigenvalue weighted by Crippen LogP contribution is 2.56. The van der Waals surface area contributed by atoms with Crippen LogP contribution in [0.3, 0.4) is 0 Å². The molecular formula is C18H32S. The van der Waals surface area contributed by atoms with Crippen LogP contribution in [-0.4, -0.2) is 24.5 Å². The van der Waals surface area contributed by atoms with Crippen molar-refractivity contribution in [3.05, 3.63) is 22.3 Å². The maximum absolute atomic E-state index is 2.49. The Hall–Kier alpha value is -0.170. The number of allylic oxidation sites excluding steroid dienone is 4. The molecule has 0 amide bonds. The van der Waals surface area contributed by atoms with E-state index in [0.717, 1.165) is 23.7 Å². The van der Waals surface area contributed by atoms with E-state index in [0.29, 0.717) is 0 Å². The van der Waals surface area contributed by atoms with Crippen molar-refractivity contribution in [1.29, 1.82) is 0 Å². The van der Waals surface area contributed by atoms with Gasteiger partial charge in [-0.25, -0.2) is 10.0 Å². The second kappa shape index (κ2) is 4.98. The molecule has 0 N–H and O–H groups in total. The Morgan fingerprint density at radius 1 is 0.895 bits per heavy atom. The lowest BCUT2D eigenvalue weighted by atomic mass is 9.71. The van der Waals surface area contributed by atoms with Crippen LogP contribution in [0.5, 0.6) is 0 Å². The van der Waals surface area contributed by atoms with Crippen molar-refractivity contribution in [3.8, 4) is 0 Å². The number of hydrogen-bond donors (Lipinski definition) is 0. The van der Waals surface area contributed by atoms with E-state index in [2.05, 4.69) is 53.4 Å². The highest BCUT2D eigenvalue weighted by molar-refractivity contribution is 8.32. The van der Waals surface area contributed by atoms with E-state index < -0.39 is 10.0 Å². The van der Waals surface area contributed by atoms with Gasteiger partial charge in [-0.2, -0.15) is 0 Å². The van der Waals surface area contributed by atoms with Gasteiger partial charge in [0.05, 0.1) is 0 Å². The molecule has 2 aliphatic rings. The lowest BCUT2D eigenvalue weighted by Gasteiger charge is -2.38. The summed E-state index contributed by atoms with van der Waals surface area (Å²) in [7, 11) is -0.392. The molecule has 0 radical (unpaired) electrons. The lowest BCUT2D eigenvalue weighted by molar-refractivity contribution is 0.382. The minimum Gasteiger partial charge on any atom is -0.249 e. The Balaban J connectivity index is 2.38. The van der Waals surface area contributed by atoms with Crippen molar-refractivity contribution in [2.45, 2.75) is 41.0 Å². The van der Waals surface area contributed by atoms with Crippen LogP contribution in [0.2, 0.25) is 0 Å². The van der Waals surface area contributed by atoms with Crippen LogP contribution in [0, 0.1) is 23.7 Å². The fraction of sp³-hybridized carbons (Fsp3) is 0.778. The normalized spacial score (nSPS) is 36.8. The van der Waals surface area contributed by atoms with E-state index in [9.17, 15) is 0 Å². The molecule has 1 fully saturated rings. The molecule has 0 saturated heterocycles. The first-order valence-electron chi connectivity index (χ1n) is 7.64. The van der Waals surface area contributed by atoms with Crippen LogP contribution in [0.1, 0.15) is 41.0 Å². The van der Waals surface area contributed by atoms with Crippen molar-refractivity contribution in [1.82, 2.24) is 0 Å². The fourth-order valence-corrected chi connectivity index (χ4v) is 6.27. The largest absolute Gasteiger partial charge is 0.249 e. The minimum atomic E-state index is -0.392. The Kier molecular flexibility index (Phi) is 3.99. The van der Waals surface area contributed by atoms with Crippen LogP contribution < -0.4 is 0 Å². The average Bonchev–Trinajstić information content (AvgIpc) is 2.58. The molecule has 0 nitrogen and oxygen atoms in total. The van der Waals surface area contributed by atoms with Gasteiger partial charge in [0.2, 0.25) is 0 Å². The van der Waals surface area contributed by atoms with Gasteiger partial charge in [0.15, 0.2) is 0 Å². The van der Waals surface area contributed by atoms with E-state index in [1.165, 1.54) is 12.2 Å². The first kappa shape index (κ1) is 15.2. The van der Waals surface area contributed by atoms with Crippen LogP contribution in [0.4, 0.5) is 0 Å². The summed E-state index contributed by atoms with van der Waals surface area (Å²) in [5, 5.41) is 0. The molecule has 1 heteroatoms. The molecule has 4 atom stereocenters. The van der Waals surface area contributed by atoms with Gasteiger partial charge in [-0.1, -0.05) is 18.1 Å². The molecule has 4 unspecified atom stereocenters. The highest BCUT2D eigenvalue weighted by Gasteiger charge is 2.45. The van der Waals surface area contributed by atoms with Crippen molar-refractivity contribution in [3.63, 3.8) is 0 Å². The second-order valence-electron chi connectivity index (χ2n) is 7.90. The maximum Gasteiger partial charge on any atom is -0.00961 e. The van der Waals surface area contributed by atoms with Gasteiger partial charge in [0.1, 0.15) is 0 Å². The van der Waals surface area contributed by atoms with Crippen molar-refractivity contribution in [2.24, 2.45) is 23.7 Å². The van der Waals surface area contributed by atoms with Gasteiger partial charge in [0.25, 0.3) is 0 Å². The van der Waals surface area contributed by atoms with Crippen LogP contribution in [0.25, 0.3) is 0 Å². The van der Waals surface area contributed by atoms with Gasteiger partial charge in [-0.05, 0) is 93.5 Å². The summed E-state index contributed by atoms with van der Waals surface area (Å²) in [6.07, 6.45) is 8.88. The monoisotopic (exact) mass is 280 g/mol. The maximum atomic E-state index is 2.49. The summed E-state index contributed by atoms with van der Waals surface area (Å²) in [4.78, 5) is 0. The van der Waals surface area contributed by atoms with Crippen molar-refractivity contribution < 1.29 is 0 Å². The zero-order chi connectivity index (χ0) is 14.5. The van der Waals surface area contributed by atoms with Gasteiger partial charge in [-0.3, -0.25) is 0 Å². The van der Waals surface area contributed by atoms with E-state index in [1.54, 1.807) is 22.3 Å². The summed E-state index contributed by atoms with van der Waals surface area (Å²) in [5.41, 5.74) is 6.55. The Bertz CT molecular complexity index is 433. The lowest BCUT2D eigenvalue weighted by Crippen LogP contribution is -2.27. The third kappa shape index (κ3) is 2.68. The average molecular weight is 281 g/mol. The molecule has 0 aliphatic heterocycles.